The van der Waals surface area contributed by atoms with Crippen molar-refractivity contribution in [3.05, 3.63) is 0 Å². The monoisotopic (exact) mass is 170 g/mol. The zero-order chi connectivity index (χ0) is 4.83. The van der Waals surface area contributed by atoms with Gasteiger partial charge in [-0.15, -0.1) is 0 Å². The van der Waals surface area contributed by atoms with Crippen LogP contribution >= 0.6 is 8.69 Å². The molecule has 0 atom stereocenters. The lowest BCUT2D eigenvalue weighted by Crippen LogP contribution is -1.74. The molecule has 0 fully saturated rings. The molecular formula is C7H23O2P. The SMILES string of the molecule is C.C.C.C.CCCOP=O. The number of hydrogen-bond acceptors (Lipinski definition) is 2. The Balaban J connectivity index is -0.0000000208. The molecule has 0 bridgehead atoms. The molecule has 0 unspecified atom stereocenters. The van der Waals surface area contributed by atoms with Gasteiger partial charge in [0.1, 0.15) is 0 Å². The van der Waals surface area contributed by atoms with E-state index in [4.69, 9.17) is 0 Å². The highest BCUT2D eigenvalue weighted by Crippen LogP contribution is 1.93. The summed E-state index contributed by atoms with van der Waals surface area (Å²) in [7, 11) is -0.205. The minimum Gasteiger partial charge on any atom is -0.294 e. The van der Waals surface area contributed by atoms with Crippen molar-refractivity contribution in [1.29, 1.82) is 0 Å². The van der Waals surface area contributed by atoms with Crippen molar-refractivity contribution in [1.82, 2.24) is 0 Å². The van der Waals surface area contributed by atoms with Crippen molar-refractivity contribution < 1.29 is 9.09 Å². The van der Waals surface area contributed by atoms with Crippen LogP contribution in [0.1, 0.15) is 43.1 Å². The van der Waals surface area contributed by atoms with Gasteiger partial charge in [0.15, 0.2) is 0 Å². The van der Waals surface area contributed by atoms with Crippen LogP contribution in [0.2, 0.25) is 0 Å². The van der Waals surface area contributed by atoms with Crippen LogP contribution in [0, 0.1) is 0 Å². The summed E-state index contributed by atoms with van der Waals surface area (Å²) in [5, 5.41) is 0. The molecule has 0 aliphatic rings. The Labute approximate surface area is 68.3 Å². The molecule has 0 spiro atoms. The van der Waals surface area contributed by atoms with Crippen molar-refractivity contribution in [2.75, 3.05) is 6.61 Å². The molecule has 0 saturated heterocycles. The molecule has 3 heteroatoms. The maximum absolute atomic E-state index is 9.44. The van der Waals surface area contributed by atoms with E-state index in [1.54, 1.807) is 0 Å². The van der Waals surface area contributed by atoms with E-state index in [-0.39, 0.29) is 38.4 Å². The largest absolute Gasteiger partial charge is 0.327 e. The molecule has 0 N–H and O–H groups in total. The Kier molecular flexibility index (Phi) is 115. The second-order valence-corrected chi connectivity index (χ2v) is 1.32. The maximum Gasteiger partial charge on any atom is 0.327 e. The fraction of sp³-hybridized carbons (Fsp3) is 1.00. The molecular weight excluding hydrogens is 147 g/mol. The molecule has 0 heterocycles. The van der Waals surface area contributed by atoms with Crippen LogP contribution < -0.4 is 0 Å². The fourth-order valence-electron chi connectivity index (χ4n) is 0.129. The molecule has 0 amide bonds. The van der Waals surface area contributed by atoms with Gasteiger partial charge in [-0.3, -0.25) is 4.52 Å². The lowest BCUT2D eigenvalue weighted by atomic mass is 10.5. The van der Waals surface area contributed by atoms with Gasteiger partial charge in [-0.1, -0.05) is 36.6 Å². The Morgan fingerprint density at radius 2 is 1.60 bits per heavy atom. The topological polar surface area (TPSA) is 26.3 Å². The Bertz CT molecular complexity index is 40.6. The third kappa shape index (κ3) is 42.9. The lowest BCUT2D eigenvalue weighted by molar-refractivity contribution is 0.342. The normalized spacial score (nSPS) is 5.70. The zero-order valence-electron chi connectivity index (χ0n) is 3.68. The molecule has 0 aromatic rings. The quantitative estimate of drug-likeness (QED) is 0.469. The first kappa shape index (κ1) is 32.3. The number of hydrogen-bond donors (Lipinski definition) is 0. The molecule has 0 saturated carbocycles. The molecule has 0 aromatic carbocycles. The smallest absolute Gasteiger partial charge is 0.294 e. The predicted octanol–water partition coefficient (Wildman–Crippen LogP) is 4.16. The average molecular weight is 170 g/mol. The summed E-state index contributed by atoms with van der Waals surface area (Å²) in [6, 6.07) is 0. The van der Waals surface area contributed by atoms with E-state index in [1.807, 2.05) is 6.92 Å². The molecule has 0 aliphatic heterocycles. The van der Waals surface area contributed by atoms with Crippen LogP contribution in [0.15, 0.2) is 0 Å². The minimum absolute atomic E-state index is 0. The van der Waals surface area contributed by atoms with Crippen LogP contribution in [0.25, 0.3) is 0 Å². The van der Waals surface area contributed by atoms with Gasteiger partial charge in [0, 0.05) is 0 Å². The zero-order valence-corrected chi connectivity index (χ0v) is 4.57. The van der Waals surface area contributed by atoms with Gasteiger partial charge >= 0.3 is 8.69 Å². The minimum atomic E-state index is -0.205. The van der Waals surface area contributed by atoms with Crippen molar-refractivity contribution in [2.45, 2.75) is 43.1 Å². The van der Waals surface area contributed by atoms with E-state index < -0.39 is 0 Å². The second kappa shape index (κ2) is 35.7. The predicted molar refractivity (Wildman–Crippen MR) is 50.8 cm³/mol. The first-order chi connectivity index (χ1) is 2.91. The van der Waals surface area contributed by atoms with E-state index in [2.05, 4.69) is 4.52 Å². The second-order valence-electron chi connectivity index (χ2n) is 0.908. The molecule has 68 valence electrons. The third-order valence-corrected chi connectivity index (χ3v) is 0.636. The van der Waals surface area contributed by atoms with E-state index in [1.165, 1.54) is 0 Å². The number of rotatable bonds is 3. The van der Waals surface area contributed by atoms with Crippen molar-refractivity contribution in [3.8, 4) is 0 Å². The average Bonchev–Trinajstić information content (AvgIpc) is 1.61. The summed E-state index contributed by atoms with van der Waals surface area (Å²) in [6.45, 7) is 2.55. The van der Waals surface area contributed by atoms with Crippen LogP contribution in [0.5, 0.6) is 0 Å². The molecule has 0 aromatic heterocycles. The van der Waals surface area contributed by atoms with E-state index >= 15 is 0 Å². The molecule has 0 aliphatic carbocycles. The summed E-state index contributed by atoms with van der Waals surface area (Å²) in [4.78, 5) is 0. The lowest BCUT2D eigenvalue weighted by Gasteiger charge is -1.81. The Morgan fingerprint density at radius 3 is 1.70 bits per heavy atom. The van der Waals surface area contributed by atoms with Gasteiger partial charge in [-0.25, -0.2) is 4.57 Å². The standard InChI is InChI=1S/C3H7O2P.4CH4/c1-2-3-5-6-4;;;;/h2-3H2,1H3;4*1H4. The van der Waals surface area contributed by atoms with Crippen molar-refractivity contribution in [3.63, 3.8) is 0 Å². The van der Waals surface area contributed by atoms with E-state index in [0.717, 1.165) is 6.42 Å². The van der Waals surface area contributed by atoms with Crippen LogP contribution in [-0.4, -0.2) is 6.61 Å². The first-order valence-electron chi connectivity index (χ1n) is 1.86. The van der Waals surface area contributed by atoms with Crippen molar-refractivity contribution in [2.24, 2.45) is 0 Å². The van der Waals surface area contributed by atoms with Gasteiger partial charge in [0.25, 0.3) is 0 Å². The van der Waals surface area contributed by atoms with Gasteiger partial charge in [-0.05, 0) is 6.42 Å². The fourth-order valence-corrected chi connectivity index (χ4v) is 0.386. The Morgan fingerprint density at radius 1 is 1.20 bits per heavy atom. The van der Waals surface area contributed by atoms with Crippen LogP contribution in [-0.2, 0) is 9.09 Å². The Hall–Kier alpha value is 0.0600. The maximum atomic E-state index is 9.44. The van der Waals surface area contributed by atoms with Gasteiger partial charge in [0.05, 0.1) is 6.61 Å². The van der Waals surface area contributed by atoms with Crippen molar-refractivity contribution >= 4 is 8.69 Å². The molecule has 0 radical (unpaired) electrons. The summed E-state index contributed by atoms with van der Waals surface area (Å²) >= 11 is 0. The summed E-state index contributed by atoms with van der Waals surface area (Å²) in [5.74, 6) is 0. The molecule has 0 rings (SSSR count). The van der Waals surface area contributed by atoms with E-state index in [9.17, 15) is 4.57 Å². The summed E-state index contributed by atoms with van der Waals surface area (Å²) in [5.41, 5.74) is 0. The van der Waals surface area contributed by atoms with Gasteiger partial charge in [-0.2, -0.15) is 0 Å². The van der Waals surface area contributed by atoms with E-state index in [0.29, 0.717) is 6.61 Å². The third-order valence-electron chi connectivity index (χ3n) is 0.348. The van der Waals surface area contributed by atoms with Gasteiger partial charge < -0.3 is 0 Å². The van der Waals surface area contributed by atoms with Crippen LogP contribution in [0.3, 0.4) is 0 Å². The highest BCUT2D eigenvalue weighted by atomic mass is 31.1. The molecule has 10 heavy (non-hydrogen) atoms. The highest BCUT2D eigenvalue weighted by Gasteiger charge is 1.74. The summed E-state index contributed by atoms with van der Waals surface area (Å²) in [6.07, 6.45) is 0.926. The summed E-state index contributed by atoms with van der Waals surface area (Å²) < 4.78 is 13.8. The highest BCUT2D eigenvalue weighted by molar-refractivity contribution is 7.17. The van der Waals surface area contributed by atoms with Crippen LogP contribution in [0.4, 0.5) is 0 Å². The first-order valence-corrected chi connectivity index (χ1v) is 2.59. The molecule has 2 nitrogen and oxygen atoms in total. The van der Waals surface area contributed by atoms with Gasteiger partial charge in [0.2, 0.25) is 0 Å².